The van der Waals surface area contributed by atoms with Crippen molar-refractivity contribution in [1.29, 1.82) is 0 Å². The van der Waals surface area contributed by atoms with E-state index in [1.54, 1.807) is 0 Å². The smallest absolute Gasteiger partial charge is 0.0562 e. The van der Waals surface area contributed by atoms with Gasteiger partial charge in [-0.2, -0.15) is 0 Å². The van der Waals surface area contributed by atoms with Crippen molar-refractivity contribution >= 4 is 5.69 Å². The molecular formula is C17H24N4. The minimum absolute atomic E-state index is 0.470. The minimum Gasteiger partial charge on any atom is -0.374 e. The fraction of sp³-hybridized carbons (Fsp3) is 0.412. The Labute approximate surface area is 127 Å². The fourth-order valence-corrected chi connectivity index (χ4v) is 2.07. The zero-order valence-corrected chi connectivity index (χ0v) is 13.1. The number of pyridine rings is 2. The second kappa shape index (κ2) is 7.74. The molecule has 2 aromatic heterocycles. The number of nitrogens with zero attached hydrogens (tertiary/aromatic N) is 3. The zero-order valence-electron chi connectivity index (χ0n) is 13.1. The molecule has 0 aliphatic carbocycles. The predicted molar refractivity (Wildman–Crippen MR) is 87.4 cm³/mol. The van der Waals surface area contributed by atoms with Gasteiger partial charge < -0.3 is 10.2 Å². The molecule has 2 heterocycles. The van der Waals surface area contributed by atoms with Crippen LogP contribution < -0.4 is 10.2 Å². The number of rotatable bonds is 7. The third-order valence-corrected chi connectivity index (χ3v) is 3.36. The van der Waals surface area contributed by atoms with Crippen molar-refractivity contribution < 1.29 is 0 Å². The van der Waals surface area contributed by atoms with E-state index in [9.17, 15) is 0 Å². The molecule has 2 aromatic rings. The summed E-state index contributed by atoms with van der Waals surface area (Å²) < 4.78 is 0. The summed E-state index contributed by atoms with van der Waals surface area (Å²) in [6.45, 7) is 6.03. The third kappa shape index (κ3) is 5.16. The molecule has 4 heteroatoms. The summed E-state index contributed by atoms with van der Waals surface area (Å²) >= 11 is 0. The summed E-state index contributed by atoms with van der Waals surface area (Å²) in [7, 11) is 2.11. The van der Waals surface area contributed by atoms with E-state index in [0.717, 1.165) is 30.9 Å². The molecule has 0 saturated heterocycles. The Bertz CT molecular complexity index is 539. The fourth-order valence-electron chi connectivity index (χ4n) is 2.07. The molecule has 0 bridgehead atoms. The molecule has 0 unspecified atom stereocenters. The number of likely N-dealkylation sites (N-methyl/N-ethyl adjacent to an activating group) is 1. The van der Waals surface area contributed by atoms with Crippen LogP contribution in [-0.4, -0.2) is 29.6 Å². The maximum atomic E-state index is 4.41. The van der Waals surface area contributed by atoms with E-state index in [1.807, 2.05) is 24.5 Å². The van der Waals surface area contributed by atoms with Crippen LogP contribution in [0.2, 0.25) is 0 Å². The van der Waals surface area contributed by atoms with Crippen molar-refractivity contribution in [3.8, 4) is 0 Å². The SMILES string of the molecule is CC(C)NCc1cc(N(C)CCc2ccccn2)ccn1. The molecule has 0 saturated carbocycles. The second-order valence-corrected chi connectivity index (χ2v) is 5.53. The Kier molecular flexibility index (Phi) is 5.69. The molecule has 2 rings (SSSR count). The highest BCUT2D eigenvalue weighted by Gasteiger charge is 2.04. The van der Waals surface area contributed by atoms with E-state index in [0.29, 0.717) is 6.04 Å². The Morgan fingerprint density at radius 3 is 2.62 bits per heavy atom. The highest BCUT2D eigenvalue weighted by Crippen LogP contribution is 2.13. The van der Waals surface area contributed by atoms with Gasteiger partial charge in [0.25, 0.3) is 0 Å². The van der Waals surface area contributed by atoms with Crippen LogP contribution in [0.25, 0.3) is 0 Å². The highest BCUT2D eigenvalue weighted by molar-refractivity contribution is 5.45. The quantitative estimate of drug-likeness (QED) is 0.848. The lowest BCUT2D eigenvalue weighted by molar-refractivity contribution is 0.581. The van der Waals surface area contributed by atoms with E-state index in [4.69, 9.17) is 0 Å². The van der Waals surface area contributed by atoms with E-state index < -0.39 is 0 Å². The predicted octanol–water partition coefficient (Wildman–Crippen LogP) is 2.65. The van der Waals surface area contributed by atoms with E-state index >= 15 is 0 Å². The number of nitrogens with one attached hydrogen (secondary N) is 1. The molecule has 0 spiro atoms. The van der Waals surface area contributed by atoms with Crippen LogP contribution in [0.4, 0.5) is 5.69 Å². The average Bonchev–Trinajstić information content (AvgIpc) is 2.52. The van der Waals surface area contributed by atoms with Crippen molar-refractivity contribution in [2.75, 3.05) is 18.5 Å². The number of aromatic nitrogens is 2. The lowest BCUT2D eigenvalue weighted by Crippen LogP contribution is -2.23. The Morgan fingerprint density at radius 1 is 1.10 bits per heavy atom. The normalized spacial score (nSPS) is 10.9. The largest absolute Gasteiger partial charge is 0.374 e. The monoisotopic (exact) mass is 284 g/mol. The summed E-state index contributed by atoms with van der Waals surface area (Å²) in [6.07, 6.45) is 4.67. The molecule has 0 aliphatic heterocycles. The summed E-state index contributed by atoms with van der Waals surface area (Å²) in [6, 6.07) is 10.7. The van der Waals surface area contributed by atoms with Crippen molar-refractivity contribution in [3.05, 3.63) is 54.1 Å². The van der Waals surface area contributed by atoms with Gasteiger partial charge in [0.1, 0.15) is 0 Å². The molecule has 112 valence electrons. The standard InChI is InChI=1S/C17H24N4/c1-14(2)20-13-16-12-17(7-10-19-16)21(3)11-8-15-6-4-5-9-18-15/h4-7,9-10,12,14,20H,8,11,13H2,1-3H3. The lowest BCUT2D eigenvalue weighted by atomic mass is 10.2. The van der Waals surface area contributed by atoms with Crippen LogP contribution in [0.5, 0.6) is 0 Å². The number of hydrogen-bond donors (Lipinski definition) is 1. The Morgan fingerprint density at radius 2 is 1.90 bits per heavy atom. The molecule has 0 fully saturated rings. The Hall–Kier alpha value is -1.94. The van der Waals surface area contributed by atoms with Gasteiger partial charge in [-0.25, -0.2) is 0 Å². The van der Waals surface area contributed by atoms with Crippen LogP contribution in [-0.2, 0) is 13.0 Å². The van der Waals surface area contributed by atoms with Crippen molar-refractivity contribution in [1.82, 2.24) is 15.3 Å². The second-order valence-electron chi connectivity index (χ2n) is 5.53. The molecule has 21 heavy (non-hydrogen) atoms. The van der Waals surface area contributed by atoms with Gasteiger partial charge in [-0.05, 0) is 24.3 Å². The highest BCUT2D eigenvalue weighted by atomic mass is 15.1. The molecule has 0 amide bonds. The first-order valence-electron chi connectivity index (χ1n) is 7.44. The van der Waals surface area contributed by atoms with E-state index in [1.165, 1.54) is 5.69 Å². The van der Waals surface area contributed by atoms with Gasteiger partial charge in [0, 0.05) is 56.4 Å². The molecule has 1 N–H and O–H groups in total. The topological polar surface area (TPSA) is 41.0 Å². The number of anilines is 1. The molecule has 0 radical (unpaired) electrons. The van der Waals surface area contributed by atoms with Crippen molar-refractivity contribution in [3.63, 3.8) is 0 Å². The van der Waals surface area contributed by atoms with Gasteiger partial charge in [0.2, 0.25) is 0 Å². The maximum Gasteiger partial charge on any atom is 0.0562 e. The first-order chi connectivity index (χ1) is 10.1. The molecule has 4 nitrogen and oxygen atoms in total. The molecule has 0 aromatic carbocycles. The number of hydrogen-bond acceptors (Lipinski definition) is 4. The summed E-state index contributed by atoms with van der Waals surface area (Å²) in [4.78, 5) is 11.0. The van der Waals surface area contributed by atoms with Gasteiger partial charge in [0.05, 0.1) is 5.69 Å². The third-order valence-electron chi connectivity index (χ3n) is 3.36. The van der Waals surface area contributed by atoms with Gasteiger partial charge >= 0.3 is 0 Å². The first kappa shape index (κ1) is 15.4. The summed E-state index contributed by atoms with van der Waals surface area (Å²) in [5.41, 5.74) is 3.40. The van der Waals surface area contributed by atoms with Crippen LogP contribution in [0.15, 0.2) is 42.7 Å². The lowest BCUT2D eigenvalue weighted by Gasteiger charge is -2.19. The average molecular weight is 284 g/mol. The maximum absolute atomic E-state index is 4.41. The summed E-state index contributed by atoms with van der Waals surface area (Å²) in [5, 5.41) is 3.39. The summed E-state index contributed by atoms with van der Waals surface area (Å²) in [5.74, 6) is 0. The van der Waals surface area contributed by atoms with Crippen LogP contribution in [0.1, 0.15) is 25.2 Å². The van der Waals surface area contributed by atoms with Crippen LogP contribution in [0, 0.1) is 0 Å². The zero-order chi connectivity index (χ0) is 15.1. The van der Waals surface area contributed by atoms with Gasteiger partial charge in [0.15, 0.2) is 0 Å². The van der Waals surface area contributed by atoms with Crippen molar-refractivity contribution in [2.45, 2.75) is 32.9 Å². The Balaban J connectivity index is 1.92. The van der Waals surface area contributed by atoms with E-state index in [2.05, 4.69) is 59.3 Å². The van der Waals surface area contributed by atoms with Gasteiger partial charge in [-0.15, -0.1) is 0 Å². The molecule has 0 aliphatic rings. The van der Waals surface area contributed by atoms with E-state index in [-0.39, 0.29) is 0 Å². The van der Waals surface area contributed by atoms with Gasteiger partial charge in [-0.1, -0.05) is 19.9 Å². The molecular weight excluding hydrogens is 260 g/mol. The van der Waals surface area contributed by atoms with Crippen LogP contribution in [0.3, 0.4) is 0 Å². The van der Waals surface area contributed by atoms with Crippen molar-refractivity contribution in [2.24, 2.45) is 0 Å². The van der Waals surface area contributed by atoms with Gasteiger partial charge in [-0.3, -0.25) is 9.97 Å². The molecule has 0 atom stereocenters. The minimum atomic E-state index is 0.470. The first-order valence-corrected chi connectivity index (χ1v) is 7.44. The van der Waals surface area contributed by atoms with Crippen LogP contribution >= 0.6 is 0 Å².